The smallest absolute Gasteiger partial charge is 0.230 e. The highest BCUT2D eigenvalue weighted by Gasteiger charge is 2.19. The number of nitrogens with one attached hydrogen (secondary N) is 1. The number of amides is 1. The second kappa shape index (κ2) is 8.13. The molecule has 2 heterocycles. The summed E-state index contributed by atoms with van der Waals surface area (Å²) in [5.41, 5.74) is 7.47. The summed E-state index contributed by atoms with van der Waals surface area (Å²) in [6.07, 6.45) is 2.10. The van der Waals surface area contributed by atoms with Gasteiger partial charge in [0.25, 0.3) is 0 Å². The van der Waals surface area contributed by atoms with Crippen LogP contribution in [0.5, 0.6) is 0 Å². The largest absolute Gasteiger partial charge is 0.324 e. The number of carbonyl (C=O) groups is 1. The van der Waals surface area contributed by atoms with Gasteiger partial charge in [-0.2, -0.15) is 0 Å². The lowest BCUT2D eigenvalue weighted by molar-refractivity contribution is -0.115. The Bertz CT molecular complexity index is 1280. The van der Waals surface area contributed by atoms with Crippen molar-refractivity contribution in [3.8, 4) is 11.3 Å². The number of nitrogens with zero attached hydrogens (tertiary/aromatic N) is 2. The number of hydrogen-bond acceptors (Lipinski definition) is 2. The van der Waals surface area contributed by atoms with E-state index in [9.17, 15) is 4.79 Å². The number of benzene rings is 2. The van der Waals surface area contributed by atoms with Crippen LogP contribution < -0.4 is 5.32 Å². The van der Waals surface area contributed by atoms with E-state index in [0.717, 1.165) is 28.2 Å². The zero-order chi connectivity index (χ0) is 21.4. The predicted molar refractivity (Wildman–Crippen MR) is 124 cm³/mol. The van der Waals surface area contributed by atoms with Gasteiger partial charge in [-0.3, -0.25) is 4.79 Å². The van der Waals surface area contributed by atoms with Crippen molar-refractivity contribution >= 4 is 40.4 Å². The average Bonchev–Trinajstić information content (AvgIpc) is 3.06. The molecule has 0 bridgehead atoms. The maximum Gasteiger partial charge on any atom is 0.230 e. The molecule has 1 N–H and O–H groups in total. The Labute approximate surface area is 185 Å². The Morgan fingerprint density at radius 1 is 1.00 bits per heavy atom. The average molecular weight is 438 g/mol. The monoisotopic (exact) mass is 437 g/mol. The van der Waals surface area contributed by atoms with Crippen LogP contribution in [0.4, 0.5) is 5.69 Å². The van der Waals surface area contributed by atoms with Crippen LogP contribution >= 0.6 is 23.2 Å². The van der Waals surface area contributed by atoms with Crippen LogP contribution in [0.2, 0.25) is 10.0 Å². The van der Waals surface area contributed by atoms with Gasteiger partial charge in [0.2, 0.25) is 5.91 Å². The van der Waals surface area contributed by atoms with E-state index in [4.69, 9.17) is 28.2 Å². The number of hydrogen-bond donors (Lipinski definition) is 1. The standard InChI is InChI=1S/C24H21Cl2N3O/c1-14-6-7-17(11-16(14)3)23-21(29-10-4-5-15(2)24(29)28-23)13-22(30)27-20-9-8-18(25)12-19(20)26/h4-12H,13H2,1-3H3,(H,27,30). The minimum atomic E-state index is -0.174. The minimum Gasteiger partial charge on any atom is -0.324 e. The molecule has 0 aliphatic rings. The fraction of sp³-hybridized carbons (Fsp3) is 0.167. The number of halogens is 2. The van der Waals surface area contributed by atoms with Crippen LogP contribution in [-0.2, 0) is 11.2 Å². The Morgan fingerprint density at radius 3 is 2.53 bits per heavy atom. The van der Waals surface area contributed by atoms with Crippen molar-refractivity contribution in [3.63, 3.8) is 0 Å². The molecule has 0 aliphatic carbocycles. The molecule has 2 aromatic heterocycles. The first-order chi connectivity index (χ1) is 14.3. The van der Waals surface area contributed by atoms with Crippen LogP contribution in [0, 0.1) is 20.8 Å². The molecule has 4 aromatic rings. The molecule has 1 amide bonds. The molecule has 0 spiro atoms. The lowest BCUT2D eigenvalue weighted by Crippen LogP contribution is -2.16. The van der Waals surface area contributed by atoms with E-state index in [1.807, 2.05) is 29.7 Å². The molecule has 0 fully saturated rings. The maximum absolute atomic E-state index is 12.9. The first-order valence-electron chi connectivity index (χ1n) is 9.62. The summed E-state index contributed by atoms with van der Waals surface area (Å²) in [6.45, 7) is 6.18. The Morgan fingerprint density at radius 2 is 1.80 bits per heavy atom. The zero-order valence-electron chi connectivity index (χ0n) is 17.0. The van der Waals surface area contributed by atoms with Crippen molar-refractivity contribution in [1.82, 2.24) is 9.38 Å². The molecule has 2 aromatic carbocycles. The van der Waals surface area contributed by atoms with E-state index in [1.54, 1.807) is 18.2 Å². The van der Waals surface area contributed by atoms with Crippen molar-refractivity contribution < 1.29 is 4.79 Å². The van der Waals surface area contributed by atoms with E-state index in [0.29, 0.717) is 15.7 Å². The molecule has 0 unspecified atom stereocenters. The van der Waals surface area contributed by atoms with E-state index in [-0.39, 0.29) is 12.3 Å². The molecule has 152 valence electrons. The van der Waals surface area contributed by atoms with Gasteiger partial charge in [0.1, 0.15) is 5.65 Å². The lowest BCUT2D eigenvalue weighted by atomic mass is 10.0. The Kier molecular flexibility index (Phi) is 5.54. The second-order valence-electron chi connectivity index (χ2n) is 7.44. The molecule has 0 saturated carbocycles. The topological polar surface area (TPSA) is 46.4 Å². The zero-order valence-corrected chi connectivity index (χ0v) is 18.5. The summed E-state index contributed by atoms with van der Waals surface area (Å²) in [5.74, 6) is -0.174. The normalized spacial score (nSPS) is 11.1. The van der Waals surface area contributed by atoms with Crippen LogP contribution in [0.3, 0.4) is 0 Å². The SMILES string of the molecule is Cc1ccc(-c2nc3c(C)cccn3c2CC(=O)Nc2ccc(Cl)cc2Cl)cc1C. The number of fused-ring (bicyclic) bond motifs is 1. The fourth-order valence-electron chi connectivity index (χ4n) is 3.48. The number of anilines is 1. The van der Waals surface area contributed by atoms with Crippen molar-refractivity contribution in [2.24, 2.45) is 0 Å². The third-order valence-electron chi connectivity index (χ3n) is 5.26. The van der Waals surface area contributed by atoms with Gasteiger partial charge >= 0.3 is 0 Å². The van der Waals surface area contributed by atoms with Gasteiger partial charge < -0.3 is 9.72 Å². The molecular weight excluding hydrogens is 417 g/mol. The third kappa shape index (κ3) is 3.93. The molecule has 0 saturated heterocycles. The van der Waals surface area contributed by atoms with Crippen molar-refractivity contribution in [1.29, 1.82) is 0 Å². The number of rotatable bonds is 4. The van der Waals surface area contributed by atoms with E-state index in [2.05, 4.69) is 37.4 Å². The molecule has 4 rings (SSSR count). The van der Waals surface area contributed by atoms with Crippen LogP contribution in [0.15, 0.2) is 54.7 Å². The summed E-state index contributed by atoms with van der Waals surface area (Å²) >= 11 is 12.2. The first-order valence-corrected chi connectivity index (χ1v) is 10.4. The summed E-state index contributed by atoms with van der Waals surface area (Å²) in [5, 5.41) is 3.81. The van der Waals surface area contributed by atoms with Crippen LogP contribution in [-0.4, -0.2) is 15.3 Å². The van der Waals surface area contributed by atoms with Gasteiger partial charge in [-0.1, -0.05) is 41.4 Å². The third-order valence-corrected chi connectivity index (χ3v) is 5.81. The minimum absolute atomic E-state index is 0.159. The highest BCUT2D eigenvalue weighted by atomic mass is 35.5. The molecule has 0 atom stereocenters. The van der Waals surface area contributed by atoms with Gasteiger partial charge in [-0.05, 0) is 67.8 Å². The number of aryl methyl sites for hydroxylation is 3. The highest BCUT2D eigenvalue weighted by molar-refractivity contribution is 6.36. The van der Waals surface area contributed by atoms with Gasteiger partial charge in [-0.25, -0.2) is 4.98 Å². The fourth-order valence-corrected chi connectivity index (χ4v) is 3.93. The maximum atomic E-state index is 12.9. The van der Waals surface area contributed by atoms with Crippen molar-refractivity contribution in [2.45, 2.75) is 27.2 Å². The van der Waals surface area contributed by atoms with Crippen molar-refractivity contribution in [3.05, 3.63) is 87.2 Å². The summed E-state index contributed by atoms with van der Waals surface area (Å²) in [7, 11) is 0. The Balaban J connectivity index is 1.76. The van der Waals surface area contributed by atoms with E-state index < -0.39 is 0 Å². The summed E-state index contributed by atoms with van der Waals surface area (Å²) < 4.78 is 1.99. The molecule has 4 nitrogen and oxygen atoms in total. The molecule has 6 heteroatoms. The number of pyridine rings is 1. The lowest BCUT2D eigenvalue weighted by Gasteiger charge is -2.10. The summed E-state index contributed by atoms with van der Waals surface area (Å²) in [6, 6.07) is 15.2. The first kappa shape index (κ1) is 20.5. The van der Waals surface area contributed by atoms with Gasteiger partial charge in [0.05, 0.1) is 28.5 Å². The van der Waals surface area contributed by atoms with Gasteiger partial charge in [-0.15, -0.1) is 0 Å². The van der Waals surface area contributed by atoms with Crippen LogP contribution in [0.1, 0.15) is 22.4 Å². The number of imidazole rings is 1. The van der Waals surface area contributed by atoms with E-state index >= 15 is 0 Å². The van der Waals surface area contributed by atoms with Gasteiger partial charge in [0, 0.05) is 16.8 Å². The predicted octanol–water partition coefficient (Wildman–Crippen LogP) is 6.41. The van der Waals surface area contributed by atoms with Crippen LogP contribution in [0.25, 0.3) is 16.9 Å². The quantitative estimate of drug-likeness (QED) is 0.400. The molecule has 30 heavy (non-hydrogen) atoms. The molecule has 0 aliphatic heterocycles. The van der Waals surface area contributed by atoms with Crippen molar-refractivity contribution in [2.75, 3.05) is 5.32 Å². The molecule has 0 radical (unpaired) electrons. The van der Waals surface area contributed by atoms with Gasteiger partial charge in [0.15, 0.2) is 0 Å². The summed E-state index contributed by atoms with van der Waals surface area (Å²) in [4.78, 5) is 17.8. The molecular formula is C24H21Cl2N3O. The second-order valence-corrected chi connectivity index (χ2v) is 8.28. The highest BCUT2D eigenvalue weighted by Crippen LogP contribution is 2.29. The van der Waals surface area contributed by atoms with E-state index in [1.165, 1.54) is 11.1 Å². The number of aromatic nitrogens is 2. The Hall–Kier alpha value is -2.82. The number of carbonyl (C=O) groups excluding carboxylic acids is 1.